The van der Waals surface area contributed by atoms with Gasteiger partial charge in [0.2, 0.25) is 0 Å². The molecule has 0 saturated carbocycles. The Balaban J connectivity index is 1.90. The predicted molar refractivity (Wildman–Crippen MR) is 87.5 cm³/mol. The molecule has 3 aromatic rings. The normalized spacial score (nSPS) is 14.8. The van der Waals surface area contributed by atoms with Crippen LogP contribution in [-0.4, -0.2) is 11.1 Å². The monoisotopic (exact) mass is 294 g/mol. The van der Waals surface area contributed by atoms with Gasteiger partial charge >= 0.3 is 0 Å². The van der Waals surface area contributed by atoms with E-state index in [9.17, 15) is 4.39 Å². The first-order valence-corrected chi connectivity index (χ1v) is 7.87. The van der Waals surface area contributed by atoms with Crippen molar-refractivity contribution in [2.24, 2.45) is 0 Å². The van der Waals surface area contributed by atoms with E-state index in [0.717, 1.165) is 43.4 Å². The SMILES string of the molecule is Fc1ccc2c(c1)c1c(n2Cc2ccccc2)CCCNC1. The first kappa shape index (κ1) is 13.5. The summed E-state index contributed by atoms with van der Waals surface area (Å²) < 4.78 is 16.1. The highest BCUT2D eigenvalue weighted by Crippen LogP contribution is 2.30. The Morgan fingerprint density at radius 2 is 1.95 bits per heavy atom. The molecule has 2 nitrogen and oxygen atoms in total. The fourth-order valence-electron chi connectivity index (χ4n) is 3.47. The van der Waals surface area contributed by atoms with E-state index < -0.39 is 0 Å². The molecule has 0 bridgehead atoms. The molecule has 0 aliphatic carbocycles. The van der Waals surface area contributed by atoms with E-state index in [4.69, 9.17) is 0 Å². The smallest absolute Gasteiger partial charge is 0.123 e. The van der Waals surface area contributed by atoms with Crippen LogP contribution in [0.3, 0.4) is 0 Å². The summed E-state index contributed by atoms with van der Waals surface area (Å²) in [5.74, 6) is -0.156. The molecule has 3 heteroatoms. The number of benzene rings is 2. The van der Waals surface area contributed by atoms with Gasteiger partial charge in [-0.3, -0.25) is 0 Å². The fourth-order valence-corrected chi connectivity index (χ4v) is 3.47. The molecular weight excluding hydrogens is 275 g/mol. The summed E-state index contributed by atoms with van der Waals surface area (Å²) in [6.07, 6.45) is 2.17. The minimum atomic E-state index is -0.156. The van der Waals surface area contributed by atoms with Crippen LogP contribution in [0, 0.1) is 5.82 Å². The Hall–Kier alpha value is -2.13. The van der Waals surface area contributed by atoms with Gasteiger partial charge in [-0.25, -0.2) is 4.39 Å². The summed E-state index contributed by atoms with van der Waals surface area (Å²) in [6, 6.07) is 15.6. The van der Waals surface area contributed by atoms with Crippen LogP contribution in [0.2, 0.25) is 0 Å². The Kier molecular flexibility index (Phi) is 3.43. The molecule has 4 rings (SSSR count). The number of fused-ring (bicyclic) bond motifs is 3. The second-order valence-corrected chi connectivity index (χ2v) is 5.94. The predicted octanol–water partition coefficient (Wildman–Crippen LogP) is 3.86. The number of nitrogens with one attached hydrogen (secondary N) is 1. The number of hydrogen-bond donors (Lipinski definition) is 1. The number of rotatable bonds is 2. The molecular formula is C19H19FN2. The van der Waals surface area contributed by atoms with Crippen LogP contribution in [0.4, 0.5) is 4.39 Å². The van der Waals surface area contributed by atoms with Crippen molar-refractivity contribution < 1.29 is 4.39 Å². The average molecular weight is 294 g/mol. The van der Waals surface area contributed by atoms with Crippen molar-refractivity contribution in [3.8, 4) is 0 Å². The Bertz CT molecular complexity index is 805. The van der Waals surface area contributed by atoms with Crippen molar-refractivity contribution in [2.45, 2.75) is 25.9 Å². The third-order valence-electron chi connectivity index (χ3n) is 4.50. The van der Waals surface area contributed by atoms with Crippen LogP contribution in [0.5, 0.6) is 0 Å². The lowest BCUT2D eigenvalue weighted by molar-refractivity contribution is 0.629. The second-order valence-electron chi connectivity index (χ2n) is 5.94. The summed E-state index contributed by atoms with van der Waals surface area (Å²) in [5.41, 5.74) is 5.04. The third-order valence-corrected chi connectivity index (χ3v) is 4.50. The van der Waals surface area contributed by atoms with Gasteiger partial charge in [0, 0.05) is 29.7 Å². The summed E-state index contributed by atoms with van der Waals surface area (Å²) in [4.78, 5) is 0. The van der Waals surface area contributed by atoms with Gasteiger partial charge in [-0.15, -0.1) is 0 Å². The lowest BCUT2D eigenvalue weighted by Gasteiger charge is -2.11. The molecule has 0 unspecified atom stereocenters. The van der Waals surface area contributed by atoms with Gasteiger partial charge in [-0.05, 0) is 48.7 Å². The Morgan fingerprint density at radius 3 is 2.82 bits per heavy atom. The summed E-state index contributed by atoms with van der Waals surface area (Å²) >= 11 is 0. The zero-order valence-corrected chi connectivity index (χ0v) is 12.5. The van der Waals surface area contributed by atoms with Gasteiger partial charge in [-0.2, -0.15) is 0 Å². The van der Waals surface area contributed by atoms with Crippen LogP contribution in [0.1, 0.15) is 23.2 Å². The van der Waals surface area contributed by atoms with Gasteiger partial charge in [0.15, 0.2) is 0 Å². The summed E-state index contributed by atoms with van der Waals surface area (Å²) in [7, 11) is 0. The molecule has 0 saturated heterocycles. The van der Waals surface area contributed by atoms with E-state index >= 15 is 0 Å². The molecule has 22 heavy (non-hydrogen) atoms. The lowest BCUT2D eigenvalue weighted by Crippen LogP contribution is -2.11. The van der Waals surface area contributed by atoms with Crippen molar-refractivity contribution in [1.29, 1.82) is 0 Å². The second kappa shape index (κ2) is 5.58. The molecule has 1 aliphatic heterocycles. The molecule has 0 amide bonds. The van der Waals surface area contributed by atoms with Crippen molar-refractivity contribution >= 4 is 10.9 Å². The van der Waals surface area contributed by atoms with Gasteiger partial charge < -0.3 is 9.88 Å². The first-order chi connectivity index (χ1) is 10.8. The highest BCUT2D eigenvalue weighted by molar-refractivity contribution is 5.86. The van der Waals surface area contributed by atoms with Crippen molar-refractivity contribution in [3.63, 3.8) is 0 Å². The molecule has 1 aliphatic rings. The van der Waals surface area contributed by atoms with Crippen LogP contribution >= 0.6 is 0 Å². The maximum Gasteiger partial charge on any atom is 0.123 e. The summed E-state index contributed by atoms with van der Waals surface area (Å²) in [5, 5.41) is 4.51. The molecule has 2 heterocycles. The zero-order chi connectivity index (χ0) is 14.9. The zero-order valence-electron chi connectivity index (χ0n) is 12.5. The Morgan fingerprint density at radius 1 is 1.09 bits per heavy atom. The van der Waals surface area contributed by atoms with Crippen LogP contribution in [0.15, 0.2) is 48.5 Å². The Labute approximate surface area is 129 Å². The molecule has 0 radical (unpaired) electrons. The van der Waals surface area contributed by atoms with Gasteiger partial charge in [0.05, 0.1) is 0 Å². The molecule has 1 N–H and O–H groups in total. The average Bonchev–Trinajstić information content (AvgIpc) is 2.70. The summed E-state index contributed by atoms with van der Waals surface area (Å²) in [6.45, 7) is 2.70. The standard InChI is InChI=1S/C19H19FN2/c20-15-8-9-19-16(11-15)17-12-21-10-4-7-18(17)22(19)13-14-5-2-1-3-6-14/h1-3,5-6,8-9,11,21H,4,7,10,12-13H2. The topological polar surface area (TPSA) is 17.0 Å². The number of halogens is 1. The van der Waals surface area contributed by atoms with E-state index in [1.165, 1.54) is 16.8 Å². The van der Waals surface area contributed by atoms with Crippen LogP contribution < -0.4 is 5.32 Å². The number of aromatic nitrogens is 1. The molecule has 2 aromatic carbocycles. The van der Waals surface area contributed by atoms with Gasteiger partial charge in [0.1, 0.15) is 5.82 Å². The van der Waals surface area contributed by atoms with Gasteiger partial charge in [0.25, 0.3) is 0 Å². The van der Waals surface area contributed by atoms with E-state index in [2.05, 4.69) is 34.1 Å². The van der Waals surface area contributed by atoms with E-state index in [1.54, 1.807) is 12.1 Å². The number of nitrogens with zero attached hydrogens (tertiary/aromatic N) is 1. The van der Waals surface area contributed by atoms with Crippen LogP contribution in [0.25, 0.3) is 10.9 Å². The minimum absolute atomic E-state index is 0.156. The van der Waals surface area contributed by atoms with Crippen molar-refractivity contribution in [1.82, 2.24) is 9.88 Å². The van der Waals surface area contributed by atoms with Crippen molar-refractivity contribution in [2.75, 3.05) is 6.54 Å². The van der Waals surface area contributed by atoms with E-state index in [1.807, 2.05) is 12.1 Å². The molecule has 112 valence electrons. The molecule has 0 atom stereocenters. The highest BCUT2D eigenvalue weighted by atomic mass is 19.1. The molecule has 0 spiro atoms. The maximum atomic E-state index is 13.7. The molecule has 0 fully saturated rings. The van der Waals surface area contributed by atoms with Crippen LogP contribution in [-0.2, 0) is 19.5 Å². The van der Waals surface area contributed by atoms with E-state index in [-0.39, 0.29) is 5.82 Å². The third kappa shape index (κ3) is 2.32. The maximum absolute atomic E-state index is 13.7. The minimum Gasteiger partial charge on any atom is -0.340 e. The lowest BCUT2D eigenvalue weighted by atomic mass is 10.1. The quantitative estimate of drug-likeness (QED) is 0.759. The fraction of sp³-hybridized carbons (Fsp3) is 0.263. The highest BCUT2D eigenvalue weighted by Gasteiger charge is 2.19. The van der Waals surface area contributed by atoms with Crippen molar-refractivity contribution in [3.05, 3.63) is 71.2 Å². The van der Waals surface area contributed by atoms with E-state index in [0.29, 0.717) is 0 Å². The number of hydrogen-bond acceptors (Lipinski definition) is 1. The largest absolute Gasteiger partial charge is 0.340 e. The molecule has 1 aromatic heterocycles. The first-order valence-electron chi connectivity index (χ1n) is 7.87. The van der Waals surface area contributed by atoms with Gasteiger partial charge in [-0.1, -0.05) is 30.3 Å².